The second-order valence-electron chi connectivity index (χ2n) is 6.32. The summed E-state index contributed by atoms with van der Waals surface area (Å²) in [5, 5.41) is 0. The van der Waals surface area contributed by atoms with E-state index in [-0.39, 0.29) is 5.78 Å². The smallest absolute Gasteiger partial charge is 0.236 e. The Morgan fingerprint density at radius 3 is 2.37 bits per heavy atom. The molecular weight excluding hydrogens is 334 g/mol. The molecule has 0 aliphatic rings. The first-order valence-corrected chi connectivity index (χ1v) is 8.72. The SMILES string of the molecule is CN(C)c1ccc(C(=O)C#Cc2cccc(OCc3ccccc3)c2)cc1. The summed E-state index contributed by atoms with van der Waals surface area (Å²) in [5.41, 5.74) is 3.48. The van der Waals surface area contributed by atoms with Gasteiger partial charge in [-0.25, -0.2) is 0 Å². The lowest BCUT2D eigenvalue weighted by molar-refractivity contribution is 0.105. The second kappa shape index (κ2) is 8.73. The largest absolute Gasteiger partial charge is 0.489 e. The predicted octanol–water partition coefficient (Wildman–Crippen LogP) is 4.57. The van der Waals surface area contributed by atoms with Crippen LogP contribution in [-0.2, 0) is 6.61 Å². The number of rotatable bonds is 5. The predicted molar refractivity (Wildman–Crippen MR) is 109 cm³/mol. The highest BCUT2D eigenvalue weighted by Gasteiger charge is 2.03. The number of carbonyl (C=O) groups is 1. The monoisotopic (exact) mass is 355 g/mol. The summed E-state index contributed by atoms with van der Waals surface area (Å²) in [6.07, 6.45) is 0. The summed E-state index contributed by atoms with van der Waals surface area (Å²) in [6.45, 7) is 0.495. The van der Waals surface area contributed by atoms with Gasteiger partial charge >= 0.3 is 0 Å². The van der Waals surface area contributed by atoms with Crippen molar-refractivity contribution in [1.82, 2.24) is 0 Å². The van der Waals surface area contributed by atoms with E-state index in [2.05, 4.69) is 11.8 Å². The lowest BCUT2D eigenvalue weighted by Crippen LogP contribution is -2.08. The molecule has 0 fully saturated rings. The van der Waals surface area contributed by atoms with Gasteiger partial charge in [-0.3, -0.25) is 4.79 Å². The molecular formula is C24H21NO2. The van der Waals surface area contributed by atoms with Gasteiger partial charge in [-0.2, -0.15) is 0 Å². The van der Waals surface area contributed by atoms with Crippen LogP contribution in [0.25, 0.3) is 0 Å². The Kier molecular flexibility index (Phi) is 5.91. The van der Waals surface area contributed by atoms with Crippen molar-refractivity contribution in [3.05, 3.63) is 95.6 Å². The Labute approximate surface area is 160 Å². The normalized spacial score (nSPS) is 9.85. The van der Waals surface area contributed by atoms with Crippen LogP contribution >= 0.6 is 0 Å². The number of anilines is 1. The van der Waals surface area contributed by atoms with E-state index in [1.54, 1.807) is 12.1 Å². The Bertz CT molecular complexity index is 965. The third-order valence-corrected chi connectivity index (χ3v) is 4.05. The van der Waals surface area contributed by atoms with E-state index >= 15 is 0 Å². The molecule has 3 rings (SSSR count). The molecule has 0 amide bonds. The Balaban J connectivity index is 1.66. The third kappa shape index (κ3) is 5.23. The maximum atomic E-state index is 12.3. The Morgan fingerprint density at radius 2 is 1.67 bits per heavy atom. The fourth-order valence-corrected chi connectivity index (χ4v) is 2.52. The van der Waals surface area contributed by atoms with E-state index in [4.69, 9.17) is 4.74 Å². The van der Waals surface area contributed by atoms with Crippen LogP contribution in [0.5, 0.6) is 5.75 Å². The fraction of sp³-hybridized carbons (Fsp3) is 0.125. The van der Waals surface area contributed by atoms with Crippen LogP contribution in [0.2, 0.25) is 0 Å². The van der Waals surface area contributed by atoms with Gasteiger partial charge in [-0.15, -0.1) is 0 Å². The molecule has 0 aliphatic carbocycles. The van der Waals surface area contributed by atoms with Gasteiger partial charge in [0.05, 0.1) is 0 Å². The topological polar surface area (TPSA) is 29.5 Å². The first-order valence-electron chi connectivity index (χ1n) is 8.72. The quantitative estimate of drug-likeness (QED) is 0.496. The number of hydrogen-bond acceptors (Lipinski definition) is 3. The minimum Gasteiger partial charge on any atom is -0.489 e. The molecule has 0 unspecified atom stereocenters. The van der Waals surface area contributed by atoms with Gasteiger partial charge in [0.2, 0.25) is 5.78 Å². The highest BCUT2D eigenvalue weighted by Crippen LogP contribution is 2.15. The molecule has 0 saturated heterocycles. The van der Waals surface area contributed by atoms with Crippen molar-refractivity contribution in [3.63, 3.8) is 0 Å². The standard InChI is InChI=1S/C24H21NO2/c1-25(2)22-14-12-21(13-15-22)24(26)16-11-19-9-6-10-23(17-19)27-18-20-7-4-3-5-8-20/h3-10,12-15,17H,18H2,1-2H3. The lowest BCUT2D eigenvalue weighted by Gasteiger charge is -2.11. The molecule has 3 aromatic carbocycles. The molecule has 0 radical (unpaired) electrons. The highest BCUT2D eigenvalue weighted by atomic mass is 16.5. The number of carbonyl (C=O) groups excluding carboxylic acids is 1. The van der Waals surface area contributed by atoms with Crippen molar-refractivity contribution < 1.29 is 9.53 Å². The molecule has 0 aliphatic heterocycles. The molecule has 0 aromatic heterocycles. The Hall–Kier alpha value is -3.51. The van der Waals surface area contributed by atoms with Crippen molar-refractivity contribution in [3.8, 4) is 17.6 Å². The zero-order valence-corrected chi connectivity index (χ0v) is 15.5. The number of nitrogens with zero attached hydrogens (tertiary/aromatic N) is 1. The van der Waals surface area contributed by atoms with Gasteiger partial charge in [-0.05, 0) is 53.9 Å². The van der Waals surface area contributed by atoms with E-state index in [1.165, 1.54) is 0 Å². The van der Waals surface area contributed by atoms with Gasteiger partial charge < -0.3 is 9.64 Å². The third-order valence-electron chi connectivity index (χ3n) is 4.05. The number of ketones is 1. The molecule has 3 heteroatoms. The van der Waals surface area contributed by atoms with Crippen LogP contribution in [0.3, 0.4) is 0 Å². The van der Waals surface area contributed by atoms with Crippen molar-refractivity contribution >= 4 is 11.5 Å². The average molecular weight is 355 g/mol. The van der Waals surface area contributed by atoms with Crippen LogP contribution in [0.4, 0.5) is 5.69 Å². The van der Waals surface area contributed by atoms with Crippen LogP contribution < -0.4 is 9.64 Å². The summed E-state index contributed by atoms with van der Waals surface area (Å²) in [6, 6.07) is 24.9. The average Bonchev–Trinajstić information content (AvgIpc) is 2.71. The van der Waals surface area contributed by atoms with Crippen molar-refractivity contribution in [2.45, 2.75) is 6.61 Å². The molecule has 27 heavy (non-hydrogen) atoms. The highest BCUT2D eigenvalue weighted by molar-refractivity contribution is 6.09. The maximum Gasteiger partial charge on any atom is 0.236 e. The summed E-state index contributed by atoms with van der Waals surface area (Å²) >= 11 is 0. The van der Waals surface area contributed by atoms with Gasteiger partial charge in [0.1, 0.15) is 12.4 Å². The van der Waals surface area contributed by atoms with Crippen LogP contribution in [0, 0.1) is 11.8 Å². The first kappa shape index (κ1) is 18.3. The molecule has 0 N–H and O–H groups in total. The lowest BCUT2D eigenvalue weighted by atomic mass is 10.1. The number of benzene rings is 3. The van der Waals surface area contributed by atoms with Gasteiger partial charge in [0, 0.05) is 30.9 Å². The summed E-state index contributed by atoms with van der Waals surface area (Å²) in [4.78, 5) is 14.3. The molecule has 0 bridgehead atoms. The Morgan fingerprint density at radius 1 is 0.926 bits per heavy atom. The number of ether oxygens (including phenoxy) is 1. The number of hydrogen-bond donors (Lipinski definition) is 0. The van der Waals surface area contributed by atoms with Crippen molar-refractivity contribution in [2.75, 3.05) is 19.0 Å². The van der Waals surface area contributed by atoms with Crippen LogP contribution in [-0.4, -0.2) is 19.9 Å². The van der Waals surface area contributed by atoms with Crippen molar-refractivity contribution in [1.29, 1.82) is 0 Å². The van der Waals surface area contributed by atoms with Gasteiger partial charge in [0.15, 0.2) is 0 Å². The van der Waals surface area contributed by atoms with E-state index in [0.29, 0.717) is 12.2 Å². The van der Waals surface area contributed by atoms with E-state index in [1.807, 2.05) is 85.7 Å². The zero-order chi connectivity index (χ0) is 19.1. The summed E-state index contributed by atoms with van der Waals surface area (Å²) in [5.74, 6) is 6.17. The molecule has 0 heterocycles. The summed E-state index contributed by atoms with van der Waals surface area (Å²) in [7, 11) is 3.92. The molecule has 134 valence electrons. The summed E-state index contributed by atoms with van der Waals surface area (Å²) < 4.78 is 5.80. The second-order valence-corrected chi connectivity index (χ2v) is 6.32. The van der Waals surface area contributed by atoms with E-state index < -0.39 is 0 Å². The number of Topliss-reactive ketones (excluding diaryl/α,β-unsaturated/α-hetero) is 1. The first-order chi connectivity index (χ1) is 13.1. The van der Waals surface area contributed by atoms with Gasteiger partial charge in [-0.1, -0.05) is 42.3 Å². The molecule has 0 saturated carbocycles. The molecule has 0 atom stereocenters. The molecule has 0 spiro atoms. The molecule has 3 nitrogen and oxygen atoms in total. The van der Waals surface area contributed by atoms with Gasteiger partial charge in [0.25, 0.3) is 0 Å². The van der Waals surface area contributed by atoms with Crippen molar-refractivity contribution in [2.24, 2.45) is 0 Å². The molecule has 3 aromatic rings. The van der Waals surface area contributed by atoms with E-state index in [9.17, 15) is 4.79 Å². The minimum absolute atomic E-state index is 0.198. The maximum absolute atomic E-state index is 12.3. The minimum atomic E-state index is -0.198. The fourth-order valence-electron chi connectivity index (χ4n) is 2.52. The van der Waals surface area contributed by atoms with E-state index in [0.717, 1.165) is 22.6 Å². The van der Waals surface area contributed by atoms with Crippen LogP contribution in [0.1, 0.15) is 21.5 Å². The zero-order valence-electron chi connectivity index (χ0n) is 15.5. The van der Waals surface area contributed by atoms with Crippen LogP contribution in [0.15, 0.2) is 78.9 Å².